The van der Waals surface area contributed by atoms with Crippen LogP contribution in [0.5, 0.6) is 0 Å². The molecule has 1 atom stereocenters. The minimum atomic E-state index is -0.789. The van der Waals surface area contributed by atoms with Crippen LogP contribution < -0.4 is 4.90 Å². The lowest BCUT2D eigenvalue weighted by Gasteiger charge is -2.31. The van der Waals surface area contributed by atoms with Gasteiger partial charge in [0.25, 0.3) is 0 Å². The lowest BCUT2D eigenvalue weighted by Crippen LogP contribution is -2.39. The van der Waals surface area contributed by atoms with Gasteiger partial charge < -0.3 is 10.0 Å². The van der Waals surface area contributed by atoms with Gasteiger partial charge in [-0.25, -0.2) is 19.3 Å². The summed E-state index contributed by atoms with van der Waals surface area (Å²) in [5.74, 6) is -0.666. The SMILES string of the molecule is O=C(O)[C@H]1CCCN(c2ccnc(-c3cnc4cc(F)c(Cl)cn34)n2)C1. The number of rotatable bonds is 3. The Bertz CT molecular complexity index is 992. The smallest absolute Gasteiger partial charge is 0.308 e. The molecule has 0 bridgehead atoms. The third-order valence-electron chi connectivity index (χ3n) is 4.52. The number of fused-ring (bicyclic) bond motifs is 1. The fourth-order valence-corrected chi connectivity index (χ4v) is 3.33. The Labute approximate surface area is 153 Å². The van der Waals surface area contributed by atoms with Gasteiger partial charge in [-0.1, -0.05) is 11.6 Å². The summed E-state index contributed by atoms with van der Waals surface area (Å²) in [5, 5.41) is 9.24. The first-order valence-corrected chi connectivity index (χ1v) is 8.54. The molecule has 1 saturated heterocycles. The third kappa shape index (κ3) is 2.96. The predicted molar refractivity (Wildman–Crippen MR) is 93.8 cm³/mol. The first-order valence-electron chi connectivity index (χ1n) is 8.16. The summed E-state index contributed by atoms with van der Waals surface area (Å²) in [6.07, 6.45) is 6.07. The highest BCUT2D eigenvalue weighted by Crippen LogP contribution is 2.25. The normalized spacial score (nSPS) is 17.6. The van der Waals surface area contributed by atoms with Crippen LogP contribution >= 0.6 is 11.6 Å². The fraction of sp³-hybridized carbons (Fsp3) is 0.294. The van der Waals surface area contributed by atoms with E-state index in [1.165, 1.54) is 12.3 Å². The Hall–Kier alpha value is -2.74. The van der Waals surface area contributed by atoms with Crippen LogP contribution in [0.15, 0.2) is 30.7 Å². The van der Waals surface area contributed by atoms with Crippen LogP contribution in [-0.4, -0.2) is 43.5 Å². The van der Waals surface area contributed by atoms with Crippen molar-refractivity contribution in [1.29, 1.82) is 0 Å². The molecule has 9 heteroatoms. The van der Waals surface area contributed by atoms with Crippen LogP contribution in [0.2, 0.25) is 5.02 Å². The van der Waals surface area contributed by atoms with Crippen molar-refractivity contribution in [2.75, 3.05) is 18.0 Å². The van der Waals surface area contributed by atoms with Crippen molar-refractivity contribution in [3.8, 4) is 11.5 Å². The zero-order valence-electron chi connectivity index (χ0n) is 13.6. The summed E-state index contributed by atoms with van der Waals surface area (Å²) in [6.45, 7) is 1.15. The van der Waals surface area contributed by atoms with Gasteiger partial charge >= 0.3 is 5.97 Å². The minimum Gasteiger partial charge on any atom is -0.481 e. The van der Waals surface area contributed by atoms with Crippen LogP contribution in [0.4, 0.5) is 10.2 Å². The molecule has 1 aliphatic heterocycles. The van der Waals surface area contributed by atoms with Gasteiger partial charge in [0.2, 0.25) is 0 Å². The number of carboxylic acid groups (broad SMARTS) is 1. The number of aliphatic carboxylic acids is 1. The van der Waals surface area contributed by atoms with Crippen molar-refractivity contribution < 1.29 is 14.3 Å². The van der Waals surface area contributed by atoms with Gasteiger partial charge in [0.1, 0.15) is 23.0 Å². The number of hydrogen-bond acceptors (Lipinski definition) is 5. The van der Waals surface area contributed by atoms with Crippen LogP contribution in [0.3, 0.4) is 0 Å². The fourth-order valence-electron chi connectivity index (χ4n) is 3.18. The summed E-state index contributed by atoms with van der Waals surface area (Å²) >= 11 is 5.87. The molecule has 7 nitrogen and oxygen atoms in total. The number of carboxylic acids is 1. The van der Waals surface area contributed by atoms with E-state index in [4.69, 9.17) is 11.6 Å². The number of pyridine rings is 1. The molecule has 1 fully saturated rings. The largest absolute Gasteiger partial charge is 0.481 e. The van der Waals surface area contributed by atoms with E-state index in [9.17, 15) is 14.3 Å². The Morgan fingerprint density at radius 2 is 2.23 bits per heavy atom. The zero-order valence-corrected chi connectivity index (χ0v) is 14.4. The van der Waals surface area contributed by atoms with Gasteiger partial charge in [0.05, 0.1) is 17.1 Å². The molecule has 0 saturated carbocycles. The summed E-state index contributed by atoms with van der Waals surface area (Å²) in [5.41, 5.74) is 0.982. The van der Waals surface area contributed by atoms with Gasteiger partial charge in [-0.3, -0.25) is 9.20 Å². The standard InChI is InChI=1S/C17H15ClFN5O2/c18-11-9-24-13(7-21-15(24)6-12(11)19)16-20-4-3-14(22-16)23-5-1-2-10(8-23)17(25)26/h3-4,6-7,9-10H,1-2,5,8H2,(H,25,26)/t10-/m0/s1. The second-order valence-electron chi connectivity index (χ2n) is 6.20. The Morgan fingerprint density at radius 1 is 1.38 bits per heavy atom. The number of imidazole rings is 1. The number of anilines is 1. The predicted octanol–water partition coefficient (Wildman–Crippen LogP) is 2.88. The molecule has 1 aliphatic rings. The monoisotopic (exact) mass is 375 g/mol. The second-order valence-corrected chi connectivity index (χ2v) is 6.61. The molecule has 3 aromatic rings. The Morgan fingerprint density at radius 3 is 3.04 bits per heavy atom. The molecule has 4 rings (SSSR count). The lowest BCUT2D eigenvalue weighted by molar-refractivity contribution is -0.141. The van der Waals surface area contributed by atoms with E-state index >= 15 is 0 Å². The average Bonchev–Trinajstić information content (AvgIpc) is 3.05. The lowest BCUT2D eigenvalue weighted by atomic mass is 9.98. The number of nitrogens with zero attached hydrogens (tertiary/aromatic N) is 5. The quantitative estimate of drug-likeness (QED) is 0.757. The van der Waals surface area contributed by atoms with Crippen molar-refractivity contribution in [2.24, 2.45) is 5.92 Å². The molecule has 3 aromatic heterocycles. The van der Waals surface area contributed by atoms with E-state index in [2.05, 4.69) is 15.0 Å². The zero-order chi connectivity index (χ0) is 18.3. The maximum atomic E-state index is 13.6. The molecule has 4 heterocycles. The number of carbonyl (C=O) groups is 1. The molecule has 26 heavy (non-hydrogen) atoms. The highest BCUT2D eigenvalue weighted by Gasteiger charge is 2.26. The Balaban J connectivity index is 1.70. The molecule has 1 N–H and O–H groups in total. The summed E-state index contributed by atoms with van der Waals surface area (Å²) in [6, 6.07) is 3.00. The van der Waals surface area contributed by atoms with E-state index < -0.39 is 17.7 Å². The molecule has 0 amide bonds. The molecule has 0 spiro atoms. The minimum absolute atomic E-state index is 0.0202. The maximum absolute atomic E-state index is 13.6. The Kier molecular flexibility index (Phi) is 4.20. The third-order valence-corrected chi connectivity index (χ3v) is 4.79. The summed E-state index contributed by atoms with van der Waals surface area (Å²) < 4.78 is 15.2. The van der Waals surface area contributed by atoms with E-state index in [-0.39, 0.29) is 5.02 Å². The van der Waals surface area contributed by atoms with Gasteiger partial charge in [0, 0.05) is 31.5 Å². The molecular weight excluding hydrogens is 361 g/mol. The van der Waals surface area contributed by atoms with Crippen molar-refractivity contribution in [3.63, 3.8) is 0 Å². The van der Waals surface area contributed by atoms with Crippen LogP contribution in [-0.2, 0) is 4.79 Å². The van der Waals surface area contributed by atoms with E-state index in [0.29, 0.717) is 35.9 Å². The number of hydrogen-bond donors (Lipinski definition) is 1. The van der Waals surface area contributed by atoms with Gasteiger partial charge in [0.15, 0.2) is 5.82 Å². The van der Waals surface area contributed by atoms with Crippen molar-refractivity contribution >= 4 is 29.0 Å². The number of piperidine rings is 1. The first-order chi connectivity index (χ1) is 12.5. The van der Waals surface area contributed by atoms with Crippen LogP contribution in [0.1, 0.15) is 12.8 Å². The summed E-state index contributed by atoms with van der Waals surface area (Å²) in [7, 11) is 0. The highest BCUT2D eigenvalue weighted by atomic mass is 35.5. The van der Waals surface area contributed by atoms with Crippen molar-refractivity contribution in [3.05, 3.63) is 41.6 Å². The molecule has 0 radical (unpaired) electrons. The van der Waals surface area contributed by atoms with Gasteiger partial charge in [-0.05, 0) is 18.9 Å². The van der Waals surface area contributed by atoms with Crippen LogP contribution in [0.25, 0.3) is 17.2 Å². The second kappa shape index (κ2) is 6.53. The summed E-state index contributed by atoms with van der Waals surface area (Å²) in [4.78, 5) is 26.2. The average molecular weight is 376 g/mol. The molecule has 0 aliphatic carbocycles. The van der Waals surface area contributed by atoms with Crippen molar-refractivity contribution in [2.45, 2.75) is 12.8 Å². The maximum Gasteiger partial charge on any atom is 0.308 e. The highest BCUT2D eigenvalue weighted by molar-refractivity contribution is 6.30. The molecule has 134 valence electrons. The van der Waals surface area contributed by atoms with E-state index in [1.54, 1.807) is 22.9 Å². The number of aromatic nitrogens is 4. The topological polar surface area (TPSA) is 83.6 Å². The van der Waals surface area contributed by atoms with Crippen LogP contribution in [0, 0.1) is 11.7 Å². The van der Waals surface area contributed by atoms with E-state index in [1.807, 2.05) is 4.90 Å². The molecule has 0 unspecified atom stereocenters. The van der Waals surface area contributed by atoms with Crippen molar-refractivity contribution in [1.82, 2.24) is 19.4 Å². The van der Waals surface area contributed by atoms with Gasteiger partial charge in [-0.2, -0.15) is 0 Å². The first kappa shape index (κ1) is 16.7. The molecular formula is C17H15ClFN5O2. The van der Waals surface area contributed by atoms with E-state index in [0.717, 1.165) is 13.0 Å². The molecule has 0 aromatic carbocycles. The van der Waals surface area contributed by atoms with Gasteiger partial charge in [-0.15, -0.1) is 0 Å². The number of halogens is 2.